The Labute approximate surface area is 87.2 Å². The molecule has 1 saturated carbocycles. The Morgan fingerprint density at radius 1 is 1.43 bits per heavy atom. The Morgan fingerprint density at radius 2 is 2.07 bits per heavy atom. The average Bonchev–Trinajstić information content (AvgIpc) is 2.64. The lowest BCUT2D eigenvalue weighted by Crippen LogP contribution is -2.33. The van der Waals surface area contributed by atoms with Gasteiger partial charge in [-0.3, -0.25) is 4.90 Å². The minimum atomic E-state index is 0.578. The molecule has 0 aromatic carbocycles. The minimum absolute atomic E-state index is 0.578. The molecule has 78 valence electrons. The Bertz CT molecular complexity index is 227. The number of hydrogen-bond donors (Lipinski definition) is 0. The van der Waals surface area contributed by atoms with E-state index in [0.717, 1.165) is 6.54 Å². The molecule has 1 aliphatic rings. The van der Waals surface area contributed by atoms with Gasteiger partial charge in [0.1, 0.15) is 0 Å². The van der Waals surface area contributed by atoms with Crippen molar-refractivity contribution in [2.45, 2.75) is 45.6 Å². The van der Waals surface area contributed by atoms with Crippen molar-refractivity contribution < 1.29 is 0 Å². The number of rotatable bonds is 4. The van der Waals surface area contributed by atoms with Crippen molar-refractivity contribution in [3.05, 3.63) is 11.6 Å². The van der Waals surface area contributed by atoms with E-state index < -0.39 is 0 Å². The maximum absolute atomic E-state index is 8.75. The molecule has 0 aromatic rings. The lowest BCUT2D eigenvalue weighted by atomic mass is 10.2. The Kier molecular flexibility index (Phi) is 4.69. The predicted molar refractivity (Wildman–Crippen MR) is 58.9 cm³/mol. The molecule has 1 fully saturated rings. The minimum Gasteiger partial charge on any atom is -0.284 e. The van der Waals surface area contributed by atoms with Gasteiger partial charge in [-0.1, -0.05) is 24.5 Å². The van der Waals surface area contributed by atoms with Gasteiger partial charge in [0.15, 0.2) is 0 Å². The molecule has 0 aromatic heterocycles. The zero-order valence-corrected chi connectivity index (χ0v) is 9.29. The fourth-order valence-corrected chi connectivity index (χ4v) is 2.00. The summed E-state index contributed by atoms with van der Waals surface area (Å²) in [5.74, 6) is 0. The summed E-state index contributed by atoms with van der Waals surface area (Å²) in [4.78, 5) is 2.31. The van der Waals surface area contributed by atoms with Crippen LogP contribution in [0.5, 0.6) is 0 Å². The summed E-state index contributed by atoms with van der Waals surface area (Å²) in [5.41, 5.74) is 1.34. The lowest BCUT2D eigenvalue weighted by Gasteiger charge is -2.24. The Balaban J connectivity index is 2.46. The van der Waals surface area contributed by atoms with E-state index >= 15 is 0 Å². The van der Waals surface area contributed by atoms with Crippen LogP contribution in [0, 0.1) is 11.3 Å². The van der Waals surface area contributed by atoms with Gasteiger partial charge >= 0.3 is 0 Å². The summed E-state index contributed by atoms with van der Waals surface area (Å²) < 4.78 is 0. The van der Waals surface area contributed by atoms with E-state index in [9.17, 15) is 0 Å². The molecule has 14 heavy (non-hydrogen) atoms. The van der Waals surface area contributed by atoms with Gasteiger partial charge in [-0.15, -0.1) is 0 Å². The van der Waals surface area contributed by atoms with Gasteiger partial charge in [-0.25, -0.2) is 0 Å². The molecule has 2 heteroatoms. The second kappa shape index (κ2) is 5.82. The smallest absolute Gasteiger partial charge is 0.0871 e. The Morgan fingerprint density at radius 3 is 2.57 bits per heavy atom. The van der Waals surface area contributed by atoms with Crippen LogP contribution >= 0.6 is 0 Å². The van der Waals surface area contributed by atoms with Crippen molar-refractivity contribution in [3.63, 3.8) is 0 Å². The third-order valence-electron chi connectivity index (χ3n) is 2.85. The first-order valence-electron chi connectivity index (χ1n) is 5.48. The van der Waals surface area contributed by atoms with Crippen LogP contribution in [0.15, 0.2) is 11.6 Å². The molecule has 0 N–H and O–H groups in total. The van der Waals surface area contributed by atoms with Gasteiger partial charge in [-0.05, 0) is 26.7 Å². The first-order chi connectivity index (χ1) is 6.74. The van der Waals surface area contributed by atoms with Crippen molar-refractivity contribution in [3.8, 4) is 6.07 Å². The van der Waals surface area contributed by atoms with Gasteiger partial charge in [0.2, 0.25) is 0 Å². The van der Waals surface area contributed by atoms with E-state index in [4.69, 9.17) is 5.26 Å². The zero-order chi connectivity index (χ0) is 10.4. The summed E-state index contributed by atoms with van der Waals surface area (Å²) in [5, 5.41) is 8.75. The Hall–Kier alpha value is -0.810. The van der Waals surface area contributed by atoms with Crippen molar-refractivity contribution in [1.29, 1.82) is 5.26 Å². The molecule has 0 saturated heterocycles. The maximum atomic E-state index is 8.75. The molecule has 0 unspecified atom stereocenters. The van der Waals surface area contributed by atoms with Gasteiger partial charge in [0.05, 0.1) is 12.6 Å². The van der Waals surface area contributed by atoms with Gasteiger partial charge in [-0.2, -0.15) is 5.26 Å². The van der Waals surface area contributed by atoms with Crippen LogP contribution in [0.4, 0.5) is 0 Å². The maximum Gasteiger partial charge on any atom is 0.0871 e. The first-order valence-corrected chi connectivity index (χ1v) is 5.48. The molecule has 0 bridgehead atoms. The van der Waals surface area contributed by atoms with Crippen LogP contribution < -0.4 is 0 Å². The molecule has 0 spiro atoms. The van der Waals surface area contributed by atoms with Crippen molar-refractivity contribution in [1.82, 2.24) is 4.90 Å². The van der Waals surface area contributed by atoms with E-state index in [-0.39, 0.29) is 0 Å². The van der Waals surface area contributed by atoms with E-state index in [1.807, 2.05) is 0 Å². The molecule has 2 nitrogen and oxygen atoms in total. The second-order valence-corrected chi connectivity index (χ2v) is 4.31. The highest BCUT2D eigenvalue weighted by molar-refractivity contribution is 4.97. The van der Waals surface area contributed by atoms with Crippen LogP contribution in [-0.2, 0) is 0 Å². The number of hydrogen-bond acceptors (Lipinski definition) is 2. The normalized spacial score (nSPS) is 17.0. The number of nitrogens with zero attached hydrogens (tertiary/aromatic N) is 2. The largest absolute Gasteiger partial charge is 0.284 e. The van der Waals surface area contributed by atoms with E-state index in [2.05, 4.69) is 30.9 Å². The van der Waals surface area contributed by atoms with E-state index in [0.29, 0.717) is 12.6 Å². The van der Waals surface area contributed by atoms with Gasteiger partial charge in [0.25, 0.3) is 0 Å². The van der Waals surface area contributed by atoms with Crippen LogP contribution in [-0.4, -0.2) is 24.0 Å². The van der Waals surface area contributed by atoms with E-state index in [1.165, 1.54) is 31.3 Å². The third kappa shape index (κ3) is 3.51. The third-order valence-corrected chi connectivity index (χ3v) is 2.85. The highest BCUT2D eigenvalue weighted by atomic mass is 15.1. The van der Waals surface area contributed by atoms with Crippen molar-refractivity contribution >= 4 is 0 Å². The van der Waals surface area contributed by atoms with Crippen LogP contribution in [0.3, 0.4) is 0 Å². The molecule has 0 atom stereocenters. The molecule has 0 amide bonds. The summed E-state index contributed by atoms with van der Waals surface area (Å²) in [6.45, 7) is 5.74. The SMILES string of the molecule is CC(C)=CCN(CC#N)C1CCCC1. The topological polar surface area (TPSA) is 27.0 Å². The highest BCUT2D eigenvalue weighted by Crippen LogP contribution is 2.23. The zero-order valence-electron chi connectivity index (χ0n) is 9.29. The van der Waals surface area contributed by atoms with Gasteiger partial charge in [0, 0.05) is 12.6 Å². The van der Waals surface area contributed by atoms with Crippen LogP contribution in [0.2, 0.25) is 0 Å². The predicted octanol–water partition coefficient (Wildman–Crippen LogP) is 2.72. The van der Waals surface area contributed by atoms with Gasteiger partial charge < -0.3 is 0 Å². The number of allylic oxidation sites excluding steroid dienone is 1. The molecule has 1 aliphatic carbocycles. The molecule has 0 aliphatic heterocycles. The standard InChI is InChI=1S/C12H20N2/c1-11(2)7-9-14(10-8-13)12-5-3-4-6-12/h7,12H,3-6,9-10H2,1-2H3. The summed E-state index contributed by atoms with van der Waals surface area (Å²) >= 11 is 0. The van der Waals surface area contributed by atoms with Crippen molar-refractivity contribution in [2.75, 3.05) is 13.1 Å². The summed E-state index contributed by atoms with van der Waals surface area (Å²) in [7, 11) is 0. The average molecular weight is 192 g/mol. The fraction of sp³-hybridized carbons (Fsp3) is 0.750. The molecule has 1 rings (SSSR count). The van der Waals surface area contributed by atoms with Crippen LogP contribution in [0.1, 0.15) is 39.5 Å². The monoisotopic (exact) mass is 192 g/mol. The van der Waals surface area contributed by atoms with Crippen LogP contribution in [0.25, 0.3) is 0 Å². The number of nitriles is 1. The van der Waals surface area contributed by atoms with E-state index in [1.54, 1.807) is 0 Å². The fourth-order valence-electron chi connectivity index (χ4n) is 2.00. The molecular weight excluding hydrogens is 172 g/mol. The summed E-state index contributed by atoms with van der Waals surface area (Å²) in [6, 6.07) is 2.92. The molecular formula is C12H20N2. The lowest BCUT2D eigenvalue weighted by molar-refractivity contribution is 0.246. The first kappa shape index (κ1) is 11.3. The highest BCUT2D eigenvalue weighted by Gasteiger charge is 2.21. The van der Waals surface area contributed by atoms with Crippen molar-refractivity contribution in [2.24, 2.45) is 0 Å². The second-order valence-electron chi connectivity index (χ2n) is 4.31. The summed E-state index contributed by atoms with van der Waals surface area (Å²) in [6.07, 6.45) is 7.44. The molecule has 0 heterocycles. The molecule has 0 radical (unpaired) electrons. The quantitative estimate of drug-likeness (QED) is 0.506.